The first-order chi connectivity index (χ1) is 12.6. The molecule has 0 atom stereocenters. The molecule has 2 heterocycles. The summed E-state index contributed by atoms with van der Waals surface area (Å²) in [6.07, 6.45) is 6.11. The van der Waals surface area contributed by atoms with Gasteiger partial charge in [-0.3, -0.25) is 4.79 Å². The smallest absolute Gasteiger partial charge is 0.337 e. The van der Waals surface area contributed by atoms with Crippen molar-refractivity contribution in [1.82, 2.24) is 14.9 Å². The molecule has 1 aliphatic heterocycles. The van der Waals surface area contributed by atoms with E-state index in [0.717, 1.165) is 32.4 Å². The van der Waals surface area contributed by atoms with Crippen LogP contribution in [0.25, 0.3) is 0 Å². The largest absolute Gasteiger partial charge is 0.465 e. The number of nitrogens with zero attached hydrogens (tertiary/aromatic N) is 3. The van der Waals surface area contributed by atoms with Crippen molar-refractivity contribution < 1.29 is 14.3 Å². The van der Waals surface area contributed by atoms with E-state index in [2.05, 4.69) is 15.3 Å². The molecule has 1 fully saturated rings. The first-order valence-electron chi connectivity index (χ1n) is 8.34. The number of carbonyl (C=O) groups excluding carboxylic acids is 2. The summed E-state index contributed by atoms with van der Waals surface area (Å²) in [5.41, 5.74) is 1.18. The van der Waals surface area contributed by atoms with Crippen LogP contribution in [0.1, 0.15) is 40.1 Å². The Bertz CT molecular complexity index is 805. The second-order valence-electron chi connectivity index (χ2n) is 5.95. The summed E-state index contributed by atoms with van der Waals surface area (Å²) in [4.78, 5) is 34.3. The molecule has 1 aromatic carbocycles. The van der Waals surface area contributed by atoms with E-state index in [0.29, 0.717) is 27.8 Å². The number of esters is 1. The van der Waals surface area contributed by atoms with Crippen LogP contribution in [-0.2, 0) is 4.74 Å². The SMILES string of the molecule is COC(=O)c1ccc(Cl)c(Nc2cnc(C(=O)N3CCCCC3)cn2)c1. The fourth-order valence-corrected chi connectivity index (χ4v) is 2.93. The number of hydrogen-bond donors (Lipinski definition) is 1. The number of amides is 1. The molecule has 3 rings (SSSR count). The Morgan fingerprint density at radius 2 is 1.92 bits per heavy atom. The van der Waals surface area contributed by atoms with Crippen LogP contribution in [0.5, 0.6) is 0 Å². The topological polar surface area (TPSA) is 84.4 Å². The molecule has 1 aliphatic rings. The predicted octanol–water partition coefficient (Wildman–Crippen LogP) is 3.29. The van der Waals surface area contributed by atoms with E-state index in [1.807, 2.05) is 0 Å². The minimum Gasteiger partial charge on any atom is -0.465 e. The van der Waals surface area contributed by atoms with Gasteiger partial charge in [0.25, 0.3) is 5.91 Å². The number of aromatic nitrogens is 2. The molecule has 7 nitrogen and oxygen atoms in total. The summed E-state index contributed by atoms with van der Waals surface area (Å²) in [7, 11) is 1.31. The molecular formula is C18H19ClN4O3. The highest BCUT2D eigenvalue weighted by atomic mass is 35.5. The van der Waals surface area contributed by atoms with Gasteiger partial charge in [0, 0.05) is 13.1 Å². The first kappa shape index (κ1) is 18.1. The molecule has 0 unspecified atom stereocenters. The summed E-state index contributed by atoms with van der Waals surface area (Å²) < 4.78 is 4.70. The van der Waals surface area contributed by atoms with Gasteiger partial charge >= 0.3 is 5.97 Å². The Hall–Kier alpha value is -2.67. The van der Waals surface area contributed by atoms with Gasteiger partial charge in [-0.2, -0.15) is 0 Å². The summed E-state index contributed by atoms with van der Waals surface area (Å²) >= 11 is 6.15. The van der Waals surface area contributed by atoms with Crippen molar-refractivity contribution in [3.05, 3.63) is 46.9 Å². The molecule has 1 amide bonds. The molecule has 8 heteroatoms. The lowest BCUT2D eigenvalue weighted by Gasteiger charge is -2.26. The van der Waals surface area contributed by atoms with Gasteiger partial charge in [-0.25, -0.2) is 14.8 Å². The Morgan fingerprint density at radius 3 is 2.58 bits per heavy atom. The number of benzene rings is 1. The van der Waals surface area contributed by atoms with Crippen molar-refractivity contribution in [1.29, 1.82) is 0 Å². The number of anilines is 2. The minimum atomic E-state index is -0.460. The first-order valence-corrected chi connectivity index (χ1v) is 8.72. The zero-order valence-electron chi connectivity index (χ0n) is 14.4. The van der Waals surface area contributed by atoms with E-state index < -0.39 is 5.97 Å². The monoisotopic (exact) mass is 374 g/mol. The van der Waals surface area contributed by atoms with E-state index in [9.17, 15) is 9.59 Å². The van der Waals surface area contributed by atoms with Crippen molar-refractivity contribution in [3.63, 3.8) is 0 Å². The Labute approximate surface area is 156 Å². The average Bonchev–Trinajstić information content (AvgIpc) is 2.69. The molecule has 1 saturated heterocycles. The maximum atomic E-state index is 12.4. The molecule has 0 aliphatic carbocycles. The van der Waals surface area contributed by atoms with Crippen LogP contribution in [0.2, 0.25) is 5.02 Å². The maximum absolute atomic E-state index is 12.4. The fourth-order valence-electron chi connectivity index (χ4n) is 2.77. The summed E-state index contributed by atoms with van der Waals surface area (Å²) in [6.45, 7) is 1.52. The lowest BCUT2D eigenvalue weighted by atomic mass is 10.1. The fraction of sp³-hybridized carbons (Fsp3) is 0.333. The molecule has 0 bridgehead atoms. The Kier molecular flexibility index (Phi) is 5.68. The lowest BCUT2D eigenvalue weighted by molar-refractivity contribution is 0.0600. The number of likely N-dealkylation sites (tertiary alicyclic amines) is 1. The zero-order chi connectivity index (χ0) is 18.5. The van der Waals surface area contributed by atoms with E-state index in [1.165, 1.54) is 19.5 Å². The molecule has 2 aromatic rings. The molecule has 0 saturated carbocycles. The van der Waals surface area contributed by atoms with Crippen molar-refractivity contribution in [3.8, 4) is 0 Å². The van der Waals surface area contributed by atoms with Gasteiger partial charge in [0.1, 0.15) is 11.5 Å². The van der Waals surface area contributed by atoms with Crippen LogP contribution in [0.15, 0.2) is 30.6 Å². The molecule has 1 aromatic heterocycles. The standard InChI is InChI=1S/C18H19ClN4O3/c1-26-18(25)12-5-6-13(19)14(9-12)22-16-11-20-15(10-21-16)17(24)23-7-3-2-4-8-23/h5-6,9-11H,2-4,7-8H2,1H3,(H,21,22). The van der Waals surface area contributed by atoms with Gasteiger partial charge in [0.15, 0.2) is 0 Å². The van der Waals surface area contributed by atoms with E-state index in [-0.39, 0.29) is 5.91 Å². The highest BCUT2D eigenvalue weighted by Crippen LogP contribution is 2.26. The van der Waals surface area contributed by atoms with Crippen LogP contribution in [0, 0.1) is 0 Å². The molecule has 26 heavy (non-hydrogen) atoms. The quantitative estimate of drug-likeness (QED) is 0.826. The number of carbonyl (C=O) groups is 2. The van der Waals surface area contributed by atoms with Gasteiger partial charge in [-0.1, -0.05) is 11.6 Å². The summed E-state index contributed by atoms with van der Waals surface area (Å²) in [5, 5.41) is 3.42. The summed E-state index contributed by atoms with van der Waals surface area (Å²) in [6, 6.07) is 4.74. The van der Waals surface area contributed by atoms with E-state index in [4.69, 9.17) is 16.3 Å². The molecule has 136 valence electrons. The number of ether oxygens (including phenoxy) is 1. The third-order valence-electron chi connectivity index (χ3n) is 4.16. The zero-order valence-corrected chi connectivity index (χ0v) is 15.1. The number of hydrogen-bond acceptors (Lipinski definition) is 6. The van der Waals surface area contributed by atoms with Gasteiger partial charge in [0.05, 0.1) is 35.8 Å². The molecule has 1 N–H and O–H groups in total. The number of nitrogens with one attached hydrogen (secondary N) is 1. The van der Waals surface area contributed by atoms with Gasteiger partial charge in [0.2, 0.25) is 0 Å². The Balaban J connectivity index is 1.73. The number of halogens is 1. The molecular weight excluding hydrogens is 356 g/mol. The third-order valence-corrected chi connectivity index (χ3v) is 4.49. The third kappa shape index (κ3) is 4.11. The lowest BCUT2D eigenvalue weighted by Crippen LogP contribution is -2.36. The van der Waals surface area contributed by atoms with Gasteiger partial charge in [-0.15, -0.1) is 0 Å². The highest BCUT2D eigenvalue weighted by Gasteiger charge is 2.19. The maximum Gasteiger partial charge on any atom is 0.337 e. The predicted molar refractivity (Wildman–Crippen MR) is 97.9 cm³/mol. The van der Waals surface area contributed by atoms with Crippen LogP contribution >= 0.6 is 11.6 Å². The minimum absolute atomic E-state index is 0.102. The van der Waals surface area contributed by atoms with E-state index in [1.54, 1.807) is 23.1 Å². The van der Waals surface area contributed by atoms with Gasteiger partial charge in [-0.05, 0) is 37.5 Å². The second kappa shape index (κ2) is 8.14. The van der Waals surface area contributed by atoms with Crippen LogP contribution in [-0.4, -0.2) is 46.9 Å². The molecule has 0 spiro atoms. The van der Waals surface area contributed by atoms with Crippen molar-refractivity contribution in [2.45, 2.75) is 19.3 Å². The van der Waals surface area contributed by atoms with Crippen molar-refractivity contribution in [2.24, 2.45) is 0 Å². The highest BCUT2D eigenvalue weighted by molar-refractivity contribution is 6.33. The average molecular weight is 375 g/mol. The van der Waals surface area contributed by atoms with Crippen molar-refractivity contribution >= 4 is 35.0 Å². The molecule has 0 radical (unpaired) electrons. The Morgan fingerprint density at radius 1 is 1.15 bits per heavy atom. The number of methoxy groups -OCH3 is 1. The van der Waals surface area contributed by atoms with Crippen LogP contribution in [0.3, 0.4) is 0 Å². The van der Waals surface area contributed by atoms with Crippen LogP contribution < -0.4 is 5.32 Å². The normalized spacial score (nSPS) is 14.0. The van der Waals surface area contributed by atoms with E-state index >= 15 is 0 Å². The van der Waals surface area contributed by atoms with Crippen molar-refractivity contribution in [2.75, 3.05) is 25.5 Å². The summed E-state index contributed by atoms with van der Waals surface area (Å²) in [5.74, 6) is -0.142. The number of piperidine rings is 1. The van der Waals surface area contributed by atoms with Gasteiger partial charge < -0.3 is 15.0 Å². The number of rotatable bonds is 4. The van der Waals surface area contributed by atoms with Crippen LogP contribution in [0.4, 0.5) is 11.5 Å². The second-order valence-corrected chi connectivity index (χ2v) is 6.36.